The first-order valence-electron chi connectivity index (χ1n) is 7.26. The molecular formula is C15H21ClN4O3. The molecule has 1 atom stereocenters. The highest BCUT2D eigenvalue weighted by Crippen LogP contribution is 2.18. The van der Waals surface area contributed by atoms with Crippen LogP contribution in [0.25, 0.3) is 0 Å². The van der Waals surface area contributed by atoms with E-state index in [1.165, 1.54) is 0 Å². The molecule has 1 aliphatic rings. The lowest BCUT2D eigenvalue weighted by Gasteiger charge is -2.22. The third-order valence-corrected chi connectivity index (χ3v) is 3.50. The molecule has 2 rings (SSSR count). The monoisotopic (exact) mass is 340 g/mol. The third kappa shape index (κ3) is 5.22. The lowest BCUT2D eigenvalue weighted by atomic mass is 9.98. The molecule has 126 valence electrons. The molecule has 0 saturated carbocycles. The molecule has 1 heterocycles. The van der Waals surface area contributed by atoms with Crippen molar-refractivity contribution in [2.24, 2.45) is 11.7 Å². The third-order valence-electron chi connectivity index (χ3n) is 3.50. The van der Waals surface area contributed by atoms with Crippen LogP contribution in [0.1, 0.15) is 23.2 Å². The topological polar surface area (TPSA) is 113 Å². The molecule has 1 saturated heterocycles. The maximum absolute atomic E-state index is 12.2. The van der Waals surface area contributed by atoms with Crippen LogP contribution in [-0.4, -0.2) is 37.4 Å². The Morgan fingerprint density at radius 1 is 1.30 bits per heavy atom. The zero-order valence-corrected chi connectivity index (χ0v) is 13.4. The summed E-state index contributed by atoms with van der Waals surface area (Å²) in [6.07, 6.45) is 0.857. The van der Waals surface area contributed by atoms with Crippen LogP contribution in [0.15, 0.2) is 24.3 Å². The zero-order chi connectivity index (χ0) is 15.9. The van der Waals surface area contributed by atoms with Crippen LogP contribution in [0.2, 0.25) is 0 Å². The molecule has 1 unspecified atom stereocenters. The average Bonchev–Trinajstić information content (AvgIpc) is 2.53. The van der Waals surface area contributed by atoms with E-state index in [0.29, 0.717) is 43.7 Å². The summed E-state index contributed by atoms with van der Waals surface area (Å²) in [6.45, 7) is 1.05. The van der Waals surface area contributed by atoms with Crippen molar-refractivity contribution in [3.05, 3.63) is 29.8 Å². The zero-order valence-electron chi connectivity index (χ0n) is 12.6. The predicted octanol–water partition coefficient (Wildman–Crippen LogP) is 0.262. The molecule has 7 nitrogen and oxygen atoms in total. The fourth-order valence-electron chi connectivity index (χ4n) is 2.26. The number of anilines is 1. The highest BCUT2D eigenvalue weighted by molar-refractivity contribution is 6.04. The molecule has 5 N–H and O–H groups in total. The Balaban J connectivity index is 0.00000264. The van der Waals surface area contributed by atoms with Crippen molar-refractivity contribution in [2.45, 2.75) is 12.8 Å². The second kappa shape index (κ2) is 9.12. The number of amides is 3. The molecule has 0 aliphatic carbocycles. The highest BCUT2D eigenvalue weighted by atomic mass is 35.5. The van der Waals surface area contributed by atoms with Crippen molar-refractivity contribution in [3.63, 3.8) is 0 Å². The first-order chi connectivity index (χ1) is 10.6. The van der Waals surface area contributed by atoms with Crippen LogP contribution in [0.3, 0.4) is 0 Å². The summed E-state index contributed by atoms with van der Waals surface area (Å²) in [5.41, 5.74) is 6.21. The van der Waals surface area contributed by atoms with Crippen LogP contribution >= 0.6 is 12.4 Å². The summed E-state index contributed by atoms with van der Waals surface area (Å²) in [5.74, 6) is -0.791. The SMILES string of the molecule is Cl.NCCNC(=O)c1ccccc1NC(=O)C1CCC(=O)NC1. The quantitative estimate of drug-likeness (QED) is 0.615. The number of nitrogens with two attached hydrogens (primary N) is 1. The molecule has 23 heavy (non-hydrogen) atoms. The summed E-state index contributed by atoms with van der Waals surface area (Å²) < 4.78 is 0. The number of rotatable bonds is 5. The number of benzene rings is 1. The normalized spacial score (nSPS) is 16.7. The van der Waals surface area contributed by atoms with Crippen LogP contribution in [0.5, 0.6) is 0 Å². The summed E-state index contributed by atoms with van der Waals surface area (Å²) >= 11 is 0. The molecular weight excluding hydrogens is 320 g/mol. The average molecular weight is 341 g/mol. The van der Waals surface area contributed by atoms with Gasteiger partial charge in [-0.05, 0) is 18.6 Å². The predicted molar refractivity (Wildman–Crippen MR) is 89.4 cm³/mol. The maximum Gasteiger partial charge on any atom is 0.253 e. The minimum absolute atomic E-state index is 0. The Morgan fingerprint density at radius 3 is 2.70 bits per heavy atom. The number of hydrogen-bond donors (Lipinski definition) is 4. The lowest BCUT2D eigenvalue weighted by molar-refractivity contribution is -0.126. The molecule has 0 aromatic heterocycles. The van der Waals surface area contributed by atoms with E-state index in [1.807, 2.05) is 0 Å². The minimum atomic E-state index is -0.280. The number of halogens is 1. The molecule has 1 fully saturated rings. The number of carbonyl (C=O) groups excluding carboxylic acids is 3. The van der Waals surface area contributed by atoms with Gasteiger partial charge in [-0.25, -0.2) is 0 Å². The van der Waals surface area contributed by atoms with Gasteiger partial charge < -0.3 is 21.7 Å². The first-order valence-corrected chi connectivity index (χ1v) is 7.26. The van der Waals surface area contributed by atoms with Gasteiger partial charge in [0.1, 0.15) is 0 Å². The van der Waals surface area contributed by atoms with Crippen LogP contribution < -0.4 is 21.7 Å². The van der Waals surface area contributed by atoms with Crippen molar-refractivity contribution in [2.75, 3.05) is 25.0 Å². The maximum atomic E-state index is 12.2. The fraction of sp³-hybridized carbons (Fsp3) is 0.400. The number of para-hydroxylation sites is 1. The van der Waals surface area contributed by atoms with Crippen molar-refractivity contribution >= 4 is 35.8 Å². The Bertz CT molecular complexity index is 570. The largest absolute Gasteiger partial charge is 0.355 e. The van der Waals surface area contributed by atoms with E-state index in [4.69, 9.17) is 5.73 Å². The van der Waals surface area contributed by atoms with E-state index in [9.17, 15) is 14.4 Å². The van der Waals surface area contributed by atoms with Crippen molar-refractivity contribution in [3.8, 4) is 0 Å². The summed E-state index contributed by atoms with van der Waals surface area (Å²) in [7, 11) is 0. The number of hydrogen-bond acceptors (Lipinski definition) is 4. The number of piperidine rings is 1. The van der Waals surface area contributed by atoms with Crippen molar-refractivity contribution < 1.29 is 14.4 Å². The number of nitrogens with one attached hydrogen (secondary N) is 3. The Morgan fingerprint density at radius 2 is 2.04 bits per heavy atom. The standard InChI is InChI=1S/C15H20N4O3.ClH/c16-7-8-17-15(22)11-3-1-2-4-12(11)19-14(21)10-5-6-13(20)18-9-10;/h1-4,10H,5-9,16H2,(H,17,22)(H,18,20)(H,19,21);1H. The van der Waals surface area contributed by atoms with Crippen molar-refractivity contribution in [1.82, 2.24) is 10.6 Å². The van der Waals surface area contributed by atoms with Crippen LogP contribution in [0.4, 0.5) is 5.69 Å². The Labute approximate surface area is 140 Å². The second-order valence-corrected chi connectivity index (χ2v) is 5.12. The van der Waals surface area contributed by atoms with Crippen molar-refractivity contribution in [1.29, 1.82) is 0 Å². The molecule has 8 heteroatoms. The first kappa shape index (κ1) is 18.9. The van der Waals surface area contributed by atoms with E-state index in [2.05, 4.69) is 16.0 Å². The van der Waals surface area contributed by atoms with E-state index in [-0.39, 0.29) is 36.0 Å². The summed E-state index contributed by atoms with van der Waals surface area (Å²) in [6, 6.07) is 6.80. The highest BCUT2D eigenvalue weighted by Gasteiger charge is 2.25. The van der Waals surface area contributed by atoms with E-state index < -0.39 is 0 Å². The van der Waals surface area contributed by atoms with Gasteiger partial charge in [-0.15, -0.1) is 12.4 Å². The molecule has 0 spiro atoms. The van der Waals surface area contributed by atoms with Crippen LogP contribution in [-0.2, 0) is 9.59 Å². The fourth-order valence-corrected chi connectivity index (χ4v) is 2.26. The molecule has 3 amide bonds. The summed E-state index contributed by atoms with van der Waals surface area (Å²) in [4.78, 5) is 35.4. The molecule has 0 radical (unpaired) electrons. The molecule has 1 aromatic rings. The Hall–Kier alpha value is -2.12. The lowest BCUT2D eigenvalue weighted by Crippen LogP contribution is -2.40. The Kier molecular flexibility index (Phi) is 7.50. The summed E-state index contributed by atoms with van der Waals surface area (Å²) in [5, 5.41) is 8.12. The molecule has 1 aliphatic heterocycles. The molecule has 1 aromatic carbocycles. The number of carbonyl (C=O) groups is 3. The van der Waals surface area contributed by atoms with E-state index in [0.717, 1.165) is 0 Å². The second-order valence-electron chi connectivity index (χ2n) is 5.12. The van der Waals surface area contributed by atoms with Gasteiger partial charge in [0.05, 0.1) is 17.2 Å². The van der Waals surface area contributed by atoms with Gasteiger partial charge in [-0.1, -0.05) is 12.1 Å². The smallest absolute Gasteiger partial charge is 0.253 e. The van der Waals surface area contributed by atoms with E-state index in [1.54, 1.807) is 24.3 Å². The van der Waals surface area contributed by atoms with Gasteiger partial charge in [0.25, 0.3) is 5.91 Å². The van der Waals surface area contributed by atoms with Crippen LogP contribution in [0, 0.1) is 5.92 Å². The van der Waals surface area contributed by atoms with Gasteiger partial charge in [-0.3, -0.25) is 14.4 Å². The van der Waals surface area contributed by atoms with Gasteiger partial charge in [-0.2, -0.15) is 0 Å². The van der Waals surface area contributed by atoms with Gasteiger partial charge in [0.15, 0.2) is 0 Å². The van der Waals surface area contributed by atoms with Gasteiger partial charge >= 0.3 is 0 Å². The van der Waals surface area contributed by atoms with Gasteiger partial charge in [0.2, 0.25) is 11.8 Å². The minimum Gasteiger partial charge on any atom is -0.355 e. The van der Waals surface area contributed by atoms with E-state index >= 15 is 0 Å². The molecule has 0 bridgehead atoms. The van der Waals surface area contributed by atoms with Gasteiger partial charge in [0, 0.05) is 26.1 Å².